The Labute approximate surface area is 247 Å². The van der Waals surface area contributed by atoms with Gasteiger partial charge in [0.25, 0.3) is 0 Å². The zero-order valence-corrected chi connectivity index (χ0v) is 24.1. The number of hydrogen-bond donors (Lipinski definition) is 1. The molecule has 7 rings (SSSR count). The topological polar surface area (TPSA) is 55.4 Å². The van der Waals surface area contributed by atoms with E-state index in [-0.39, 0.29) is 0 Å². The van der Waals surface area contributed by atoms with E-state index in [0.717, 1.165) is 54.4 Å². The highest BCUT2D eigenvalue weighted by molar-refractivity contribution is 7.17. The first-order valence-corrected chi connectivity index (χ1v) is 15.2. The lowest BCUT2D eigenvalue weighted by atomic mass is 9.91. The minimum atomic E-state index is -0.858. The lowest BCUT2D eigenvalue weighted by molar-refractivity contribution is -0.138. The molecule has 4 nitrogen and oxygen atoms in total. The highest BCUT2D eigenvalue weighted by atomic mass is 35.5. The summed E-state index contributed by atoms with van der Waals surface area (Å²) in [6, 6.07) is 21.6. The molecule has 7 aromatic rings. The van der Waals surface area contributed by atoms with Gasteiger partial charge in [0.2, 0.25) is 0 Å². The summed E-state index contributed by atoms with van der Waals surface area (Å²) in [5.41, 5.74) is 4.80. The van der Waals surface area contributed by atoms with Crippen LogP contribution in [0.1, 0.15) is 22.6 Å². The third-order valence-electron chi connectivity index (χ3n) is 7.39. The van der Waals surface area contributed by atoms with E-state index in [1.54, 1.807) is 28.9 Å². The number of thiophene rings is 2. The largest absolute Gasteiger partial charge is 0.481 e. The molecule has 8 heteroatoms. The Morgan fingerprint density at radius 3 is 2.25 bits per heavy atom. The predicted molar refractivity (Wildman–Crippen MR) is 166 cm³/mol. The first-order valence-electron chi connectivity index (χ1n) is 12.7. The molecule has 40 heavy (non-hydrogen) atoms. The van der Waals surface area contributed by atoms with Crippen molar-refractivity contribution in [1.82, 2.24) is 4.57 Å². The lowest BCUT2D eigenvalue weighted by Gasteiger charge is -2.12. The number of hydrogen-bond acceptors (Lipinski definition) is 4. The Kier molecular flexibility index (Phi) is 6.44. The van der Waals surface area contributed by atoms with Crippen LogP contribution in [0.3, 0.4) is 0 Å². The zero-order valence-electron chi connectivity index (χ0n) is 20.9. The fourth-order valence-electron chi connectivity index (χ4n) is 5.45. The quantitative estimate of drug-likeness (QED) is 0.198. The number of carboxylic acid groups (broad SMARTS) is 1. The third-order valence-corrected chi connectivity index (χ3v) is 9.88. The number of carbonyl (C=O) groups is 1. The van der Waals surface area contributed by atoms with Crippen molar-refractivity contribution in [2.24, 2.45) is 0 Å². The van der Waals surface area contributed by atoms with E-state index < -0.39 is 11.9 Å². The maximum atomic E-state index is 12.8. The molecule has 0 aliphatic rings. The highest BCUT2D eigenvalue weighted by Crippen LogP contribution is 2.38. The Hall–Kier alpha value is -3.55. The summed E-state index contributed by atoms with van der Waals surface area (Å²) in [6.45, 7) is 0.585. The van der Waals surface area contributed by atoms with Gasteiger partial charge in [-0.25, -0.2) is 0 Å². The van der Waals surface area contributed by atoms with E-state index in [2.05, 4.69) is 16.0 Å². The van der Waals surface area contributed by atoms with Gasteiger partial charge in [0.15, 0.2) is 0 Å². The van der Waals surface area contributed by atoms with Crippen LogP contribution in [0.5, 0.6) is 0 Å². The molecule has 0 bridgehead atoms. The van der Waals surface area contributed by atoms with Crippen LogP contribution in [0.15, 0.2) is 94.4 Å². The maximum Gasteiger partial charge on any atom is 0.311 e. The predicted octanol–water partition coefficient (Wildman–Crippen LogP) is 10.1. The van der Waals surface area contributed by atoms with Gasteiger partial charge in [-0.15, -0.1) is 22.7 Å². The molecule has 4 heterocycles. The van der Waals surface area contributed by atoms with Gasteiger partial charge in [-0.3, -0.25) is 4.79 Å². The van der Waals surface area contributed by atoms with E-state index in [1.807, 2.05) is 72.2 Å². The van der Waals surface area contributed by atoms with Crippen LogP contribution in [0.25, 0.3) is 42.4 Å². The fourth-order valence-corrected chi connectivity index (χ4v) is 7.68. The molecule has 4 aromatic heterocycles. The number of aromatic nitrogens is 1. The molecule has 0 saturated carbocycles. The number of furan rings is 1. The first kappa shape index (κ1) is 25.4. The molecule has 0 amide bonds. The summed E-state index contributed by atoms with van der Waals surface area (Å²) in [5.74, 6) is -0.827. The van der Waals surface area contributed by atoms with Gasteiger partial charge in [0.05, 0.1) is 12.2 Å². The van der Waals surface area contributed by atoms with Gasteiger partial charge >= 0.3 is 5.97 Å². The van der Waals surface area contributed by atoms with Crippen LogP contribution in [-0.4, -0.2) is 15.6 Å². The molecule has 1 N–H and O–H groups in total. The summed E-state index contributed by atoms with van der Waals surface area (Å²) in [6.07, 6.45) is 4.03. The number of nitrogens with zero attached hydrogens (tertiary/aromatic N) is 1. The molecule has 0 fully saturated rings. The summed E-state index contributed by atoms with van der Waals surface area (Å²) in [4.78, 5) is 12.8. The molecule has 0 spiro atoms. The third kappa shape index (κ3) is 4.51. The molecule has 0 aliphatic carbocycles. The average molecular weight is 603 g/mol. The molecule has 0 radical (unpaired) electrons. The van der Waals surface area contributed by atoms with E-state index >= 15 is 0 Å². The van der Waals surface area contributed by atoms with Crippen molar-refractivity contribution < 1.29 is 14.3 Å². The Morgan fingerprint density at radius 2 is 1.57 bits per heavy atom. The molecule has 1 atom stereocenters. The van der Waals surface area contributed by atoms with Crippen molar-refractivity contribution in [3.63, 3.8) is 0 Å². The minimum absolute atomic E-state index is 0.367. The van der Waals surface area contributed by atoms with Crippen LogP contribution in [0, 0.1) is 0 Å². The van der Waals surface area contributed by atoms with Gasteiger partial charge in [-0.05, 0) is 99.2 Å². The normalized spacial score (nSPS) is 12.6. The van der Waals surface area contributed by atoms with Crippen molar-refractivity contribution >= 4 is 82.9 Å². The highest BCUT2D eigenvalue weighted by Gasteiger charge is 2.27. The SMILES string of the molecule is O=C(O)C(Cc1csc2ccc(Cl)cc12)c1cn(Cc2csc3ccc(Cl)cc23)c2cc(-c3ccco3)ccc12. The molecule has 0 saturated heterocycles. The summed E-state index contributed by atoms with van der Waals surface area (Å²) in [7, 11) is 0. The van der Waals surface area contributed by atoms with Gasteiger partial charge in [0, 0.05) is 48.7 Å². The van der Waals surface area contributed by atoms with E-state index in [9.17, 15) is 9.90 Å². The van der Waals surface area contributed by atoms with E-state index in [0.29, 0.717) is 23.0 Å². The van der Waals surface area contributed by atoms with Gasteiger partial charge in [-0.2, -0.15) is 0 Å². The summed E-state index contributed by atoms with van der Waals surface area (Å²) in [5, 5.41) is 19.1. The standard InChI is InChI=1S/C32H21Cl2NO3S2/c33-21-4-7-30-24(12-21)19(16-39-30)10-26(32(36)37)27-15-35(14-20-17-40-31-8-5-22(34)13-25(20)31)28-11-18(3-6-23(27)28)29-2-1-9-38-29/h1-9,11-13,15-17,26H,10,14H2,(H,36,37). The monoisotopic (exact) mass is 601 g/mol. The Bertz CT molecular complexity index is 2030. The number of carboxylic acids is 1. The second-order valence-electron chi connectivity index (χ2n) is 9.82. The summed E-state index contributed by atoms with van der Waals surface area (Å²) >= 11 is 15.9. The average Bonchev–Trinajstić information content (AvgIpc) is 3.74. The Balaban J connectivity index is 1.37. The molecular formula is C32H21Cl2NO3S2. The van der Waals surface area contributed by atoms with Gasteiger partial charge < -0.3 is 14.1 Å². The van der Waals surface area contributed by atoms with Crippen LogP contribution in [0.4, 0.5) is 0 Å². The number of fused-ring (bicyclic) bond motifs is 3. The molecule has 3 aromatic carbocycles. The van der Waals surface area contributed by atoms with Crippen LogP contribution >= 0.6 is 45.9 Å². The Morgan fingerprint density at radius 1 is 0.875 bits per heavy atom. The zero-order chi connectivity index (χ0) is 27.4. The summed E-state index contributed by atoms with van der Waals surface area (Å²) < 4.78 is 10.1. The first-order chi connectivity index (χ1) is 19.4. The van der Waals surface area contributed by atoms with E-state index in [1.165, 1.54) is 4.70 Å². The van der Waals surface area contributed by atoms with Crippen LogP contribution in [-0.2, 0) is 17.8 Å². The number of rotatable bonds is 7. The maximum absolute atomic E-state index is 12.8. The molecular weight excluding hydrogens is 581 g/mol. The smallest absolute Gasteiger partial charge is 0.311 e. The van der Waals surface area contributed by atoms with E-state index in [4.69, 9.17) is 27.6 Å². The number of benzene rings is 3. The second-order valence-corrected chi connectivity index (χ2v) is 12.5. The fraction of sp³-hybridized carbons (Fsp3) is 0.0938. The number of halogens is 2. The van der Waals surface area contributed by atoms with Crippen LogP contribution < -0.4 is 0 Å². The van der Waals surface area contributed by atoms with Crippen molar-refractivity contribution in [1.29, 1.82) is 0 Å². The van der Waals surface area contributed by atoms with Crippen molar-refractivity contribution in [3.8, 4) is 11.3 Å². The minimum Gasteiger partial charge on any atom is -0.481 e. The van der Waals surface area contributed by atoms with Crippen molar-refractivity contribution in [2.75, 3.05) is 0 Å². The second kappa shape index (κ2) is 10.1. The van der Waals surface area contributed by atoms with Gasteiger partial charge in [0.1, 0.15) is 5.76 Å². The van der Waals surface area contributed by atoms with Gasteiger partial charge in [-0.1, -0.05) is 35.3 Å². The number of aliphatic carboxylic acids is 1. The van der Waals surface area contributed by atoms with Crippen molar-refractivity contribution in [3.05, 3.63) is 117 Å². The molecule has 0 aliphatic heterocycles. The molecule has 198 valence electrons. The molecule has 1 unspecified atom stereocenters. The van der Waals surface area contributed by atoms with Crippen molar-refractivity contribution in [2.45, 2.75) is 18.9 Å². The van der Waals surface area contributed by atoms with Crippen LogP contribution in [0.2, 0.25) is 10.0 Å². The lowest BCUT2D eigenvalue weighted by Crippen LogP contribution is -2.14.